The summed E-state index contributed by atoms with van der Waals surface area (Å²) >= 11 is 0. The molecule has 94 valence electrons. The molecule has 2 aliphatic rings. The molecular weight excluding hydrogens is 222 g/mol. The summed E-state index contributed by atoms with van der Waals surface area (Å²) in [5, 5.41) is 0. The van der Waals surface area contributed by atoms with Crippen LogP contribution in [0.3, 0.4) is 0 Å². The first-order valence-electron chi connectivity index (χ1n) is 6.19. The van der Waals surface area contributed by atoms with Crippen LogP contribution in [0.15, 0.2) is 0 Å². The van der Waals surface area contributed by atoms with Gasteiger partial charge in [-0.15, -0.1) is 0 Å². The van der Waals surface area contributed by atoms with Gasteiger partial charge in [-0.2, -0.15) is 0 Å². The van der Waals surface area contributed by atoms with Gasteiger partial charge in [-0.1, -0.05) is 13.8 Å². The molecule has 2 N–H and O–H groups in total. The summed E-state index contributed by atoms with van der Waals surface area (Å²) in [6.45, 7) is 5.15. The molecule has 1 saturated carbocycles. The van der Waals surface area contributed by atoms with Gasteiger partial charge in [-0.3, -0.25) is 0 Å². The van der Waals surface area contributed by atoms with Gasteiger partial charge >= 0.3 is 0 Å². The molecule has 0 bridgehead atoms. The molecular formula is C12H23NO2S. The van der Waals surface area contributed by atoms with Crippen molar-refractivity contribution in [1.82, 2.24) is 0 Å². The van der Waals surface area contributed by atoms with E-state index in [-0.39, 0.29) is 5.41 Å². The molecule has 1 unspecified atom stereocenters. The monoisotopic (exact) mass is 245 g/mol. The van der Waals surface area contributed by atoms with Crippen molar-refractivity contribution in [1.29, 1.82) is 0 Å². The highest BCUT2D eigenvalue weighted by Gasteiger charge is 2.53. The predicted octanol–water partition coefficient (Wildman–Crippen LogP) is 1.58. The number of hydrogen-bond acceptors (Lipinski definition) is 3. The standard InChI is InChI=1S/C12H23NO2S/c1-11(2)7-12(8-11,9-13)10-4-3-5-16(14,15)6-10/h10H,3-9,13H2,1-2H3. The van der Waals surface area contributed by atoms with Crippen molar-refractivity contribution in [2.45, 2.75) is 39.5 Å². The Hall–Kier alpha value is -0.0900. The number of hydrogen-bond donors (Lipinski definition) is 1. The molecule has 1 saturated heterocycles. The normalized spacial score (nSPS) is 35.3. The minimum absolute atomic E-state index is 0.122. The Balaban J connectivity index is 2.12. The molecule has 0 aromatic rings. The quantitative estimate of drug-likeness (QED) is 0.803. The Morgan fingerprint density at radius 2 is 1.94 bits per heavy atom. The molecule has 2 rings (SSSR count). The van der Waals surface area contributed by atoms with Crippen LogP contribution in [0.25, 0.3) is 0 Å². The Morgan fingerprint density at radius 3 is 2.38 bits per heavy atom. The van der Waals surface area contributed by atoms with Crippen molar-refractivity contribution in [3.05, 3.63) is 0 Å². The molecule has 0 aromatic heterocycles. The second-order valence-corrected chi connectivity index (χ2v) is 8.77. The average molecular weight is 245 g/mol. The Bertz CT molecular complexity index is 364. The van der Waals surface area contributed by atoms with Crippen LogP contribution in [0, 0.1) is 16.7 Å². The first kappa shape index (κ1) is 12.4. The van der Waals surface area contributed by atoms with E-state index in [9.17, 15) is 8.42 Å². The molecule has 0 aromatic carbocycles. The van der Waals surface area contributed by atoms with Crippen LogP contribution in [0.2, 0.25) is 0 Å². The van der Waals surface area contributed by atoms with Gasteiger partial charge in [0, 0.05) is 0 Å². The van der Waals surface area contributed by atoms with Gasteiger partial charge in [-0.05, 0) is 49.0 Å². The molecule has 0 spiro atoms. The van der Waals surface area contributed by atoms with Crippen LogP contribution < -0.4 is 5.73 Å². The molecule has 4 heteroatoms. The summed E-state index contributed by atoms with van der Waals surface area (Å²) in [6, 6.07) is 0. The second kappa shape index (κ2) is 3.70. The minimum atomic E-state index is -2.79. The Kier molecular flexibility index (Phi) is 2.86. The first-order chi connectivity index (χ1) is 7.29. The van der Waals surface area contributed by atoms with E-state index in [0.717, 1.165) is 25.7 Å². The third-order valence-electron chi connectivity index (χ3n) is 4.40. The Labute approximate surface area is 98.7 Å². The molecule has 0 radical (unpaired) electrons. The lowest BCUT2D eigenvalue weighted by Crippen LogP contribution is -2.55. The lowest BCUT2D eigenvalue weighted by Gasteiger charge is -2.57. The highest BCUT2D eigenvalue weighted by Crippen LogP contribution is 2.59. The van der Waals surface area contributed by atoms with Gasteiger partial charge in [0.15, 0.2) is 9.84 Å². The third kappa shape index (κ3) is 2.14. The average Bonchev–Trinajstić information content (AvgIpc) is 2.11. The van der Waals surface area contributed by atoms with Crippen molar-refractivity contribution >= 4 is 9.84 Å². The van der Waals surface area contributed by atoms with E-state index in [1.54, 1.807) is 0 Å². The van der Waals surface area contributed by atoms with E-state index >= 15 is 0 Å². The molecule has 16 heavy (non-hydrogen) atoms. The smallest absolute Gasteiger partial charge is 0.150 e. The number of rotatable bonds is 2. The highest BCUT2D eigenvalue weighted by atomic mass is 32.2. The molecule has 1 atom stereocenters. The van der Waals surface area contributed by atoms with Gasteiger partial charge in [0.1, 0.15) is 0 Å². The largest absolute Gasteiger partial charge is 0.330 e. The molecule has 1 aliphatic carbocycles. The van der Waals surface area contributed by atoms with Crippen LogP contribution in [0.5, 0.6) is 0 Å². The SMILES string of the molecule is CC1(C)CC(CN)(C2CCCS(=O)(=O)C2)C1. The Morgan fingerprint density at radius 1 is 1.31 bits per heavy atom. The van der Waals surface area contributed by atoms with E-state index in [0.29, 0.717) is 29.4 Å². The highest BCUT2D eigenvalue weighted by molar-refractivity contribution is 7.91. The van der Waals surface area contributed by atoms with Crippen molar-refractivity contribution in [3.63, 3.8) is 0 Å². The van der Waals surface area contributed by atoms with E-state index in [2.05, 4.69) is 13.8 Å². The van der Waals surface area contributed by atoms with E-state index in [1.807, 2.05) is 0 Å². The van der Waals surface area contributed by atoms with Crippen LogP contribution in [0.4, 0.5) is 0 Å². The van der Waals surface area contributed by atoms with E-state index in [4.69, 9.17) is 5.73 Å². The van der Waals surface area contributed by atoms with Crippen LogP contribution in [-0.2, 0) is 9.84 Å². The molecule has 0 amide bonds. The zero-order valence-corrected chi connectivity index (χ0v) is 11.1. The van der Waals surface area contributed by atoms with Crippen LogP contribution in [-0.4, -0.2) is 26.5 Å². The van der Waals surface area contributed by atoms with E-state index < -0.39 is 9.84 Å². The molecule has 1 heterocycles. The van der Waals surface area contributed by atoms with Crippen LogP contribution in [0.1, 0.15) is 39.5 Å². The first-order valence-corrected chi connectivity index (χ1v) is 8.01. The summed E-state index contributed by atoms with van der Waals surface area (Å²) in [6.07, 6.45) is 4.06. The lowest BCUT2D eigenvalue weighted by molar-refractivity contribution is -0.0514. The topological polar surface area (TPSA) is 60.2 Å². The predicted molar refractivity (Wildman–Crippen MR) is 65.9 cm³/mol. The van der Waals surface area contributed by atoms with E-state index in [1.165, 1.54) is 0 Å². The van der Waals surface area contributed by atoms with Gasteiger partial charge in [-0.25, -0.2) is 8.42 Å². The van der Waals surface area contributed by atoms with Crippen LogP contribution >= 0.6 is 0 Å². The summed E-state index contributed by atoms with van der Waals surface area (Å²) in [7, 11) is -2.79. The maximum atomic E-state index is 11.7. The van der Waals surface area contributed by atoms with Crippen molar-refractivity contribution in [3.8, 4) is 0 Å². The maximum Gasteiger partial charge on any atom is 0.150 e. The zero-order chi connectivity index (χ0) is 12.0. The molecule has 2 fully saturated rings. The minimum Gasteiger partial charge on any atom is -0.330 e. The molecule has 3 nitrogen and oxygen atoms in total. The fraction of sp³-hybridized carbons (Fsp3) is 1.00. The van der Waals surface area contributed by atoms with Gasteiger partial charge in [0.25, 0.3) is 0 Å². The third-order valence-corrected chi connectivity index (χ3v) is 6.22. The summed E-state index contributed by atoms with van der Waals surface area (Å²) in [5.41, 5.74) is 6.40. The number of sulfone groups is 1. The fourth-order valence-corrected chi connectivity index (χ4v) is 5.87. The maximum absolute atomic E-state index is 11.7. The van der Waals surface area contributed by atoms with Crippen molar-refractivity contribution in [2.75, 3.05) is 18.1 Å². The number of nitrogens with two attached hydrogens (primary N) is 1. The van der Waals surface area contributed by atoms with Gasteiger partial charge in [0.2, 0.25) is 0 Å². The van der Waals surface area contributed by atoms with Gasteiger partial charge < -0.3 is 5.73 Å². The second-order valence-electron chi connectivity index (χ2n) is 6.54. The fourth-order valence-electron chi connectivity index (χ4n) is 3.96. The van der Waals surface area contributed by atoms with Crippen molar-refractivity contribution < 1.29 is 8.42 Å². The summed E-state index contributed by atoms with van der Waals surface area (Å²) in [5.74, 6) is 1.07. The van der Waals surface area contributed by atoms with Crippen molar-refractivity contribution in [2.24, 2.45) is 22.5 Å². The van der Waals surface area contributed by atoms with Gasteiger partial charge in [0.05, 0.1) is 11.5 Å². The summed E-state index contributed by atoms with van der Waals surface area (Å²) in [4.78, 5) is 0. The zero-order valence-electron chi connectivity index (χ0n) is 10.3. The molecule has 1 aliphatic heterocycles. The lowest BCUT2D eigenvalue weighted by atomic mass is 9.49. The summed E-state index contributed by atoms with van der Waals surface area (Å²) < 4.78 is 23.4.